The summed E-state index contributed by atoms with van der Waals surface area (Å²) >= 11 is 8.92. The molecule has 0 radical (unpaired) electrons. The van der Waals surface area contributed by atoms with Gasteiger partial charge in [-0.2, -0.15) is 0 Å². The monoisotopic (exact) mass is 360 g/mol. The van der Waals surface area contributed by atoms with Crippen molar-refractivity contribution >= 4 is 27.5 Å². The number of halogens is 4. The predicted octanol–water partition coefficient (Wildman–Crippen LogP) is 4.13. The number of hydrazine groups is 1. The fourth-order valence-corrected chi connectivity index (χ4v) is 2.71. The van der Waals surface area contributed by atoms with Crippen molar-refractivity contribution in [3.8, 4) is 0 Å². The standard InChI is InChI=1S/C14H12BrClF2N2/c15-13-9(4-2-6-11(13)17)12(20-19)7-8-3-1-5-10(16)14(8)18/h1-6,12,20H,7,19H2. The lowest BCUT2D eigenvalue weighted by Gasteiger charge is -2.18. The lowest BCUT2D eigenvalue weighted by atomic mass is 9.99. The average molecular weight is 362 g/mol. The van der Waals surface area contributed by atoms with Crippen LogP contribution in [0.5, 0.6) is 0 Å². The van der Waals surface area contributed by atoms with Gasteiger partial charge in [-0.05, 0) is 45.6 Å². The molecule has 0 bridgehead atoms. The molecular formula is C14H12BrClF2N2. The number of rotatable bonds is 4. The van der Waals surface area contributed by atoms with Gasteiger partial charge >= 0.3 is 0 Å². The molecule has 3 N–H and O–H groups in total. The van der Waals surface area contributed by atoms with Crippen LogP contribution in [0.25, 0.3) is 0 Å². The van der Waals surface area contributed by atoms with E-state index in [0.29, 0.717) is 15.6 Å². The van der Waals surface area contributed by atoms with Crippen molar-refractivity contribution in [2.45, 2.75) is 12.5 Å². The Kier molecular flexibility index (Phi) is 5.10. The normalized spacial score (nSPS) is 12.4. The van der Waals surface area contributed by atoms with E-state index in [1.807, 2.05) is 0 Å². The van der Waals surface area contributed by atoms with Gasteiger partial charge in [-0.15, -0.1) is 0 Å². The van der Waals surface area contributed by atoms with E-state index in [4.69, 9.17) is 17.4 Å². The van der Waals surface area contributed by atoms with E-state index >= 15 is 0 Å². The van der Waals surface area contributed by atoms with Crippen molar-refractivity contribution in [2.24, 2.45) is 5.84 Å². The van der Waals surface area contributed by atoms with Crippen LogP contribution < -0.4 is 11.3 Å². The SMILES string of the molecule is NNC(Cc1cccc(Cl)c1F)c1cccc(F)c1Br. The van der Waals surface area contributed by atoms with Gasteiger partial charge in [0.25, 0.3) is 0 Å². The van der Waals surface area contributed by atoms with Gasteiger partial charge in [-0.3, -0.25) is 11.3 Å². The van der Waals surface area contributed by atoms with Gasteiger partial charge < -0.3 is 0 Å². The van der Waals surface area contributed by atoms with Gasteiger partial charge in [0.05, 0.1) is 15.5 Å². The average Bonchev–Trinajstić information content (AvgIpc) is 2.44. The molecule has 6 heteroatoms. The summed E-state index contributed by atoms with van der Waals surface area (Å²) in [5.41, 5.74) is 3.61. The van der Waals surface area contributed by atoms with E-state index in [-0.39, 0.29) is 11.4 Å². The van der Waals surface area contributed by atoms with Crippen molar-refractivity contribution in [1.82, 2.24) is 5.43 Å². The van der Waals surface area contributed by atoms with E-state index in [0.717, 1.165) is 0 Å². The molecule has 2 aromatic rings. The van der Waals surface area contributed by atoms with Crippen LogP contribution in [0, 0.1) is 11.6 Å². The second-order valence-electron chi connectivity index (χ2n) is 4.28. The largest absolute Gasteiger partial charge is 0.271 e. The maximum Gasteiger partial charge on any atom is 0.145 e. The van der Waals surface area contributed by atoms with Crippen LogP contribution in [0.15, 0.2) is 40.9 Å². The summed E-state index contributed by atoms with van der Waals surface area (Å²) in [5, 5.41) is 0.0524. The van der Waals surface area contributed by atoms with Gasteiger partial charge in [-0.1, -0.05) is 35.9 Å². The van der Waals surface area contributed by atoms with Crippen LogP contribution >= 0.6 is 27.5 Å². The molecule has 0 heterocycles. The first kappa shape index (κ1) is 15.4. The third-order valence-electron chi connectivity index (χ3n) is 3.01. The highest BCUT2D eigenvalue weighted by Gasteiger charge is 2.18. The molecule has 2 rings (SSSR count). The van der Waals surface area contributed by atoms with E-state index in [9.17, 15) is 8.78 Å². The van der Waals surface area contributed by atoms with Crippen LogP contribution in [-0.4, -0.2) is 0 Å². The Morgan fingerprint density at radius 1 is 1.20 bits per heavy atom. The molecule has 0 fully saturated rings. The maximum absolute atomic E-state index is 13.9. The molecule has 0 aliphatic heterocycles. The van der Waals surface area contributed by atoms with Crippen molar-refractivity contribution in [2.75, 3.05) is 0 Å². The van der Waals surface area contributed by atoms with Crippen LogP contribution in [0.1, 0.15) is 17.2 Å². The zero-order chi connectivity index (χ0) is 14.7. The minimum Gasteiger partial charge on any atom is -0.271 e. The Balaban J connectivity index is 2.34. The first-order valence-electron chi connectivity index (χ1n) is 5.87. The summed E-state index contributed by atoms with van der Waals surface area (Å²) in [6, 6.07) is 8.96. The molecule has 0 aliphatic rings. The molecule has 0 amide bonds. The molecule has 2 aromatic carbocycles. The Morgan fingerprint density at radius 3 is 2.60 bits per heavy atom. The van der Waals surface area contributed by atoms with Crippen molar-refractivity contribution in [1.29, 1.82) is 0 Å². The van der Waals surface area contributed by atoms with Gasteiger partial charge in [0.15, 0.2) is 0 Å². The number of hydrogen-bond donors (Lipinski definition) is 2. The molecule has 0 saturated carbocycles. The number of nitrogens with two attached hydrogens (primary N) is 1. The zero-order valence-corrected chi connectivity index (χ0v) is 12.7. The van der Waals surface area contributed by atoms with Crippen LogP contribution in [0.2, 0.25) is 5.02 Å². The highest BCUT2D eigenvalue weighted by atomic mass is 79.9. The highest BCUT2D eigenvalue weighted by Crippen LogP contribution is 2.29. The molecule has 0 saturated heterocycles. The molecule has 2 nitrogen and oxygen atoms in total. The second kappa shape index (κ2) is 6.63. The second-order valence-corrected chi connectivity index (χ2v) is 5.48. The van der Waals surface area contributed by atoms with Gasteiger partial charge in [0.1, 0.15) is 11.6 Å². The quantitative estimate of drug-likeness (QED) is 0.635. The Bertz CT molecular complexity index is 622. The smallest absolute Gasteiger partial charge is 0.145 e. The van der Waals surface area contributed by atoms with Gasteiger partial charge in [-0.25, -0.2) is 8.78 Å². The molecule has 1 unspecified atom stereocenters. The number of hydrogen-bond acceptors (Lipinski definition) is 2. The molecule has 0 aromatic heterocycles. The van der Waals surface area contributed by atoms with E-state index < -0.39 is 17.7 Å². The fraction of sp³-hybridized carbons (Fsp3) is 0.143. The summed E-state index contributed by atoms with van der Waals surface area (Å²) in [6.07, 6.45) is 0.255. The summed E-state index contributed by atoms with van der Waals surface area (Å²) in [7, 11) is 0. The number of nitrogens with one attached hydrogen (secondary N) is 1. The summed E-state index contributed by atoms with van der Waals surface area (Å²) in [4.78, 5) is 0. The van der Waals surface area contributed by atoms with E-state index in [2.05, 4.69) is 21.4 Å². The van der Waals surface area contributed by atoms with Gasteiger partial charge in [0.2, 0.25) is 0 Å². The minimum atomic E-state index is -0.484. The first-order valence-corrected chi connectivity index (χ1v) is 7.04. The van der Waals surface area contributed by atoms with E-state index in [1.54, 1.807) is 24.3 Å². The fourth-order valence-electron chi connectivity index (χ4n) is 1.97. The lowest BCUT2D eigenvalue weighted by Crippen LogP contribution is -2.30. The van der Waals surface area contributed by atoms with Crippen LogP contribution in [0.3, 0.4) is 0 Å². The maximum atomic E-state index is 13.9. The molecule has 106 valence electrons. The third-order valence-corrected chi connectivity index (χ3v) is 4.14. The summed E-state index contributed by atoms with van der Waals surface area (Å²) < 4.78 is 27.8. The third kappa shape index (κ3) is 3.17. The molecule has 20 heavy (non-hydrogen) atoms. The van der Waals surface area contributed by atoms with Gasteiger partial charge in [0, 0.05) is 0 Å². The Labute approximate surface area is 129 Å². The Hall–Kier alpha value is -1.01. The minimum absolute atomic E-state index is 0.0524. The van der Waals surface area contributed by atoms with E-state index in [1.165, 1.54) is 12.1 Å². The number of benzene rings is 2. The van der Waals surface area contributed by atoms with Crippen LogP contribution in [0.4, 0.5) is 8.78 Å². The summed E-state index contributed by atoms with van der Waals surface area (Å²) in [6.45, 7) is 0. The zero-order valence-electron chi connectivity index (χ0n) is 10.3. The Morgan fingerprint density at radius 2 is 1.90 bits per heavy atom. The molecule has 0 spiro atoms. The topological polar surface area (TPSA) is 38.0 Å². The predicted molar refractivity (Wildman–Crippen MR) is 79.3 cm³/mol. The first-order chi connectivity index (χ1) is 9.54. The van der Waals surface area contributed by atoms with Crippen molar-refractivity contribution < 1.29 is 8.78 Å². The lowest BCUT2D eigenvalue weighted by molar-refractivity contribution is 0.522. The highest BCUT2D eigenvalue weighted by molar-refractivity contribution is 9.10. The molecular weight excluding hydrogens is 350 g/mol. The molecule has 0 aliphatic carbocycles. The summed E-state index contributed by atoms with van der Waals surface area (Å²) in [5.74, 6) is 4.63. The van der Waals surface area contributed by atoms with Crippen molar-refractivity contribution in [3.05, 3.63) is 68.7 Å². The van der Waals surface area contributed by atoms with Crippen LogP contribution in [-0.2, 0) is 6.42 Å². The van der Waals surface area contributed by atoms with Crippen molar-refractivity contribution in [3.63, 3.8) is 0 Å². The molecule has 1 atom stereocenters.